The summed E-state index contributed by atoms with van der Waals surface area (Å²) in [5, 5.41) is 2.75. The third kappa shape index (κ3) is 7.25. The summed E-state index contributed by atoms with van der Waals surface area (Å²) >= 11 is 3.27. The van der Waals surface area contributed by atoms with Crippen LogP contribution in [0.4, 0.5) is 0 Å². The molecule has 0 saturated heterocycles. The molecule has 1 aromatic rings. The summed E-state index contributed by atoms with van der Waals surface area (Å²) in [7, 11) is 1.74. The van der Waals surface area contributed by atoms with Gasteiger partial charge < -0.3 is 10.2 Å². The van der Waals surface area contributed by atoms with Crippen molar-refractivity contribution in [1.82, 2.24) is 16.2 Å². The summed E-state index contributed by atoms with van der Waals surface area (Å²) < 4.78 is 0.641. The number of likely N-dealkylation sites (N-methyl/N-ethyl adjacent to an activating group) is 1. The minimum Gasteiger partial charge on any atom is -0.351 e. The molecule has 23 heavy (non-hydrogen) atoms. The van der Waals surface area contributed by atoms with Crippen LogP contribution in [0.2, 0.25) is 0 Å². The van der Waals surface area contributed by atoms with E-state index in [1.807, 2.05) is 6.92 Å². The average Bonchev–Trinajstić information content (AvgIpc) is 2.50. The lowest BCUT2D eigenvalue weighted by Gasteiger charge is -2.14. The van der Waals surface area contributed by atoms with Crippen molar-refractivity contribution in [3.05, 3.63) is 34.3 Å². The molecule has 1 rings (SSSR count). The molecule has 4 N–H and O–H groups in total. The number of hydrazine groups is 1. The molecule has 0 fully saturated rings. The molecule has 0 aliphatic rings. The Morgan fingerprint density at radius 2 is 1.74 bits per heavy atom. The van der Waals surface area contributed by atoms with Gasteiger partial charge in [0, 0.05) is 11.0 Å². The summed E-state index contributed by atoms with van der Waals surface area (Å²) in [6.45, 7) is 2.87. The van der Waals surface area contributed by atoms with Gasteiger partial charge in [0.25, 0.3) is 17.7 Å². The summed E-state index contributed by atoms with van der Waals surface area (Å²) in [5.74, 6) is -0.884. The number of halogens is 1. The van der Waals surface area contributed by atoms with Gasteiger partial charge >= 0.3 is 0 Å². The van der Waals surface area contributed by atoms with Gasteiger partial charge in [0.15, 0.2) is 13.1 Å². The highest BCUT2D eigenvalue weighted by atomic mass is 79.9. The second-order valence-corrected chi connectivity index (χ2v) is 6.00. The van der Waals surface area contributed by atoms with Gasteiger partial charge in [-0.25, -0.2) is 0 Å². The van der Waals surface area contributed by atoms with E-state index in [0.29, 0.717) is 16.6 Å². The Morgan fingerprint density at radius 1 is 1.09 bits per heavy atom. The van der Waals surface area contributed by atoms with Crippen molar-refractivity contribution >= 4 is 33.7 Å². The van der Waals surface area contributed by atoms with Gasteiger partial charge in [-0.3, -0.25) is 25.2 Å². The second kappa shape index (κ2) is 9.96. The Kier molecular flexibility index (Phi) is 8.28. The Labute approximate surface area is 143 Å². The van der Waals surface area contributed by atoms with Crippen molar-refractivity contribution in [2.24, 2.45) is 0 Å². The summed E-state index contributed by atoms with van der Waals surface area (Å²) in [6.07, 6.45) is 0.867. The van der Waals surface area contributed by atoms with Crippen molar-refractivity contribution in [2.45, 2.75) is 13.3 Å². The predicted molar refractivity (Wildman–Crippen MR) is 89.7 cm³/mol. The second-order valence-electron chi connectivity index (χ2n) is 5.14. The number of carbonyl (C=O) groups excluding carboxylic acids is 3. The van der Waals surface area contributed by atoms with E-state index in [9.17, 15) is 14.4 Å². The zero-order chi connectivity index (χ0) is 17.2. The first-order valence-corrected chi connectivity index (χ1v) is 8.15. The molecule has 0 aliphatic heterocycles. The van der Waals surface area contributed by atoms with E-state index in [2.05, 4.69) is 32.1 Å². The fraction of sp³-hybridized carbons (Fsp3) is 0.400. The predicted octanol–water partition coefficient (Wildman–Crippen LogP) is -0.749. The molecule has 0 radical (unpaired) electrons. The highest BCUT2D eigenvalue weighted by molar-refractivity contribution is 9.10. The van der Waals surface area contributed by atoms with Crippen LogP contribution in [0.1, 0.15) is 23.7 Å². The minimum absolute atomic E-state index is 0.0792. The van der Waals surface area contributed by atoms with Gasteiger partial charge in [0.05, 0.1) is 12.6 Å². The highest BCUT2D eigenvalue weighted by Gasteiger charge is 2.15. The summed E-state index contributed by atoms with van der Waals surface area (Å²) in [5.41, 5.74) is 5.12. The van der Waals surface area contributed by atoms with Gasteiger partial charge in [0.2, 0.25) is 0 Å². The lowest BCUT2D eigenvalue weighted by atomic mass is 10.2. The molecule has 1 unspecified atom stereocenters. The van der Waals surface area contributed by atoms with E-state index in [4.69, 9.17) is 0 Å². The number of carbonyl (C=O) groups is 3. The Morgan fingerprint density at radius 3 is 2.39 bits per heavy atom. The van der Waals surface area contributed by atoms with Crippen molar-refractivity contribution < 1.29 is 19.3 Å². The summed E-state index contributed by atoms with van der Waals surface area (Å²) in [4.78, 5) is 36.0. The van der Waals surface area contributed by atoms with Gasteiger partial charge in [-0.15, -0.1) is 0 Å². The number of nitrogens with one attached hydrogen (secondary N) is 4. The SMILES string of the molecule is CCCNC(=O)C[NH+](C)CC(=O)NNC(=O)c1ccccc1Br. The van der Waals surface area contributed by atoms with Gasteiger partial charge in [0.1, 0.15) is 0 Å². The van der Waals surface area contributed by atoms with Gasteiger partial charge in [-0.05, 0) is 34.5 Å². The molecular formula is C15H22BrN4O3+. The molecule has 0 saturated carbocycles. The standard InChI is InChI=1S/C15H21BrN4O3/c1-3-8-17-13(21)9-20(2)10-14(22)18-19-15(23)11-6-4-5-7-12(11)16/h4-7H,3,8-10H2,1-2H3,(H,17,21)(H,18,22)(H,19,23)/p+1. The first kappa shape index (κ1) is 19.1. The molecule has 0 aliphatic carbocycles. The maximum Gasteiger partial charge on any atom is 0.293 e. The fourth-order valence-corrected chi connectivity index (χ4v) is 2.29. The Balaban J connectivity index is 2.35. The van der Waals surface area contributed by atoms with Crippen LogP contribution in [0.25, 0.3) is 0 Å². The molecule has 126 valence electrons. The largest absolute Gasteiger partial charge is 0.351 e. The first-order valence-electron chi connectivity index (χ1n) is 7.35. The number of hydrogen-bond acceptors (Lipinski definition) is 3. The van der Waals surface area contributed by atoms with Crippen LogP contribution in [0.3, 0.4) is 0 Å². The van der Waals surface area contributed by atoms with Crippen molar-refractivity contribution in [3.8, 4) is 0 Å². The normalized spacial score (nSPS) is 11.4. The van der Waals surface area contributed by atoms with Crippen molar-refractivity contribution in [2.75, 3.05) is 26.7 Å². The van der Waals surface area contributed by atoms with E-state index < -0.39 is 5.91 Å². The maximum atomic E-state index is 11.9. The molecule has 1 aromatic carbocycles. The third-order valence-electron chi connectivity index (χ3n) is 2.93. The lowest BCUT2D eigenvalue weighted by molar-refractivity contribution is -0.862. The molecule has 0 spiro atoms. The van der Waals surface area contributed by atoms with E-state index in [-0.39, 0.29) is 24.9 Å². The third-order valence-corrected chi connectivity index (χ3v) is 3.62. The van der Waals surface area contributed by atoms with Gasteiger partial charge in [-0.1, -0.05) is 19.1 Å². The molecule has 3 amide bonds. The minimum atomic E-state index is -0.413. The molecule has 0 aromatic heterocycles. The number of benzene rings is 1. The first-order chi connectivity index (χ1) is 10.9. The van der Waals surface area contributed by atoms with E-state index >= 15 is 0 Å². The van der Waals surface area contributed by atoms with Crippen LogP contribution in [0.5, 0.6) is 0 Å². The van der Waals surface area contributed by atoms with E-state index in [0.717, 1.165) is 11.3 Å². The molecule has 0 bridgehead atoms. The van der Waals surface area contributed by atoms with Crippen LogP contribution in [0.15, 0.2) is 28.7 Å². The molecule has 1 atom stereocenters. The summed E-state index contributed by atoms with van der Waals surface area (Å²) in [6, 6.07) is 6.90. The van der Waals surface area contributed by atoms with Crippen LogP contribution >= 0.6 is 15.9 Å². The Bertz CT molecular complexity index is 565. The number of amides is 3. The van der Waals surface area contributed by atoms with Crippen LogP contribution in [0, 0.1) is 0 Å². The van der Waals surface area contributed by atoms with Crippen molar-refractivity contribution in [1.29, 1.82) is 0 Å². The van der Waals surface area contributed by atoms with Crippen LogP contribution < -0.4 is 21.1 Å². The fourth-order valence-electron chi connectivity index (χ4n) is 1.82. The monoisotopic (exact) mass is 385 g/mol. The van der Waals surface area contributed by atoms with Crippen LogP contribution in [-0.4, -0.2) is 44.4 Å². The average molecular weight is 386 g/mol. The number of hydrogen-bond donors (Lipinski definition) is 4. The number of quaternary nitrogens is 1. The molecule has 7 nitrogen and oxygen atoms in total. The zero-order valence-corrected chi connectivity index (χ0v) is 14.8. The zero-order valence-electron chi connectivity index (χ0n) is 13.2. The molecular weight excluding hydrogens is 364 g/mol. The number of rotatable bonds is 7. The maximum absolute atomic E-state index is 11.9. The van der Waals surface area contributed by atoms with Gasteiger partial charge in [-0.2, -0.15) is 0 Å². The van der Waals surface area contributed by atoms with Crippen LogP contribution in [-0.2, 0) is 9.59 Å². The smallest absolute Gasteiger partial charge is 0.293 e. The quantitative estimate of drug-likeness (QED) is 0.465. The van der Waals surface area contributed by atoms with E-state index in [1.165, 1.54) is 0 Å². The van der Waals surface area contributed by atoms with Crippen molar-refractivity contribution in [3.63, 3.8) is 0 Å². The molecule has 0 heterocycles. The topological polar surface area (TPSA) is 91.7 Å². The Hall–Kier alpha value is -1.93. The highest BCUT2D eigenvalue weighted by Crippen LogP contribution is 2.14. The molecule has 8 heteroatoms. The lowest BCUT2D eigenvalue weighted by Crippen LogP contribution is -3.11. The van der Waals surface area contributed by atoms with E-state index in [1.54, 1.807) is 31.3 Å².